The molecule has 0 amide bonds. The molecule has 4 N–H and O–H groups in total. The van der Waals surface area contributed by atoms with Crippen LogP contribution in [0.25, 0.3) is 16.9 Å². The summed E-state index contributed by atoms with van der Waals surface area (Å²) in [6.07, 6.45) is 1.96. The lowest BCUT2D eigenvalue weighted by Gasteiger charge is -2.22. The molecule has 0 unspecified atom stereocenters. The van der Waals surface area contributed by atoms with Crippen LogP contribution in [-0.4, -0.2) is 38.2 Å². The highest BCUT2D eigenvalue weighted by Crippen LogP contribution is 2.30. The molecule has 3 heterocycles. The standard InChI is InChI=1S/C23H24BN5O2/c1-15-13-18-19(24(30)31)10-5-11-20(18)29(15)23-27-21-17(9-6-12-25-21)22(28-23)26-14-16-7-3-2-4-8-16/h2-5,7-8,10-11,13,30-31H,6,9,12,14H2,1H3,(H2,25,26,27,28). The molecule has 0 radical (unpaired) electrons. The number of hydrogen-bond acceptors (Lipinski definition) is 6. The summed E-state index contributed by atoms with van der Waals surface area (Å²) in [4.78, 5) is 9.74. The monoisotopic (exact) mass is 413 g/mol. The number of anilines is 2. The van der Waals surface area contributed by atoms with E-state index in [9.17, 15) is 10.0 Å². The number of benzene rings is 2. The Balaban J connectivity index is 1.62. The molecule has 0 atom stereocenters. The van der Waals surface area contributed by atoms with Gasteiger partial charge in [-0.3, -0.25) is 4.57 Å². The van der Waals surface area contributed by atoms with Crippen molar-refractivity contribution in [3.63, 3.8) is 0 Å². The van der Waals surface area contributed by atoms with Gasteiger partial charge in [-0.1, -0.05) is 42.5 Å². The summed E-state index contributed by atoms with van der Waals surface area (Å²) < 4.78 is 1.96. The lowest BCUT2D eigenvalue weighted by molar-refractivity contribution is 0.426. The maximum absolute atomic E-state index is 9.77. The Morgan fingerprint density at radius 2 is 1.94 bits per heavy atom. The minimum atomic E-state index is -1.53. The average Bonchev–Trinajstić information content (AvgIpc) is 3.13. The highest BCUT2D eigenvalue weighted by Gasteiger charge is 2.22. The van der Waals surface area contributed by atoms with Crippen LogP contribution in [0.2, 0.25) is 0 Å². The van der Waals surface area contributed by atoms with E-state index in [2.05, 4.69) is 22.8 Å². The van der Waals surface area contributed by atoms with Crippen molar-refractivity contribution in [2.24, 2.45) is 0 Å². The molecular weight excluding hydrogens is 389 g/mol. The van der Waals surface area contributed by atoms with E-state index >= 15 is 0 Å². The summed E-state index contributed by atoms with van der Waals surface area (Å²) in [5.74, 6) is 2.24. The van der Waals surface area contributed by atoms with E-state index in [1.165, 1.54) is 5.56 Å². The van der Waals surface area contributed by atoms with Crippen molar-refractivity contribution < 1.29 is 10.0 Å². The van der Waals surface area contributed by atoms with Gasteiger partial charge in [0.1, 0.15) is 11.6 Å². The van der Waals surface area contributed by atoms with Crippen molar-refractivity contribution in [2.45, 2.75) is 26.3 Å². The Morgan fingerprint density at radius 3 is 2.74 bits per heavy atom. The normalized spacial score (nSPS) is 13.0. The first kappa shape index (κ1) is 19.6. The summed E-state index contributed by atoms with van der Waals surface area (Å²) in [5, 5.41) is 27.2. The Kier molecular flexibility index (Phi) is 5.09. The van der Waals surface area contributed by atoms with Crippen molar-refractivity contribution in [1.82, 2.24) is 14.5 Å². The van der Waals surface area contributed by atoms with Crippen LogP contribution in [0.15, 0.2) is 54.6 Å². The van der Waals surface area contributed by atoms with E-state index in [1.54, 1.807) is 6.07 Å². The Hall–Kier alpha value is -3.36. The number of aromatic nitrogens is 3. The minimum Gasteiger partial charge on any atom is -0.423 e. The third-order valence-corrected chi connectivity index (χ3v) is 5.74. The van der Waals surface area contributed by atoms with E-state index in [1.807, 2.05) is 47.9 Å². The SMILES string of the molecule is Cc1cc2c(B(O)O)cccc2n1-c1nc2c(c(NCc3ccccc3)n1)CCCN2. The Morgan fingerprint density at radius 1 is 1.10 bits per heavy atom. The summed E-state index contributed by atoms with van der Waals surface area (Å²) >= 11 is 0. The molecule has 0 fully saturated rings. The molecule has 31 heavy (non-hydrogen) atoms. The smallest absolute Gasteiger partial charge is 0.423 e. The molecule has 2 aromatic heterocycles. The fourth-order valence-corrected chi connectivity index (χ4v) is 4.23. The molecule has 2 aromatic carbocycles. The second-order valence-electron chi connectivity index (χ2n) is 7.84. The highest BCUT2D eigenvalue weighted by atomic mass is 16.4. The van der Waals surface area contributed by atoms with E-state index in [-0.39, 0.29) is 0 Å². The van der Waals surface area contributed by atoms with Crippen LogP contribution >= 0.6 is 0 Å². The van der Waals surface area contributed by atoms with Gasteiger partial charge in [-0.15, -0.1) is 0 Å². The molecule has 0 aliphatic carbocycles. The summed E-state index contributed by atoms with van der Waals surface area (Å²) in [6, 6.07) is 17.7. The Labute approximate surface area is 180 Å². The van der Waals surface area contributed by atoms with E-state index < -0.39 is 7.12 Å². The second-order valence-corrected chi connectivity index (χ2v) is 7.84. The number of rotatable bonds is 5. The van der Waals surface area contributed by atoms with E-state index in [0.717, 1.165) is 53.2 Å². The van der Waals surface area contributed by atoms with Crippen LogP contribution in [-0.2, 0) is 13.0 Å². The third-order valence-electron chi connectivity index (χ3n) is 5.74. The highest BCUT2D eigenvalue weighted by molar-refractivity contribution is 6.61. The molecule has 5 rings (SSSR count). The number of fused-ring (bicyclic) bond motifs is 2. The van der Waals surface area contributed by atoms with Gasteiger partial charge in [0, 0.05) is 29.7 Å². The fourth-order valence-electron chi connectivity index (χ4n) is 4.23. The largest absolute Gasteiger partial charge is 0.489 e. The van der Waals surface area contributed by atoms with Gasteiger partial charge in [-0.25, -0.2) is 0 Å². The topological polar surface area (TPSA) is 95.2 Å². The lowest BCUT2D eigenvalue weighted by Crippen LogP contribution is -2.30. The molecular formula is C23H24BN5O2. The van der Waals surface area contributed by atoms with Gasteiger partial charge in [0.05, 0.1) is 5.52 Å². The molecule has 0 saturated carbocycles. The molecule has 4 aromatic rings. The lowest BCUT2D eigenvalue weighted by atomic mass is 9.78. The number of aryl methyl sites for hydroxylation is 1. The van der Waals surface area contributed by atoms with E-state index in [4.69, 9.17) is 9.97 Å². The van der Waals surface area contributed by atoms with Gasteiger partial charge in [-0.05, 0) is 42.9 Å². The van der Waals surface area contributed by atoms with Crippen molar-refractivity contribution in [3.05, 3.63) is 71.4 Å². The zero-order valence-electron chi connectivity index (χ0n) is 17.3. The van der Waals surface area contributed by atoms with Gasteiger partial charge >= 0.3 is 7.12 Å². The van der Waals surface area contributed by atoms with Crippen LogP contribution < -0.4 is 16.1 Å². The molecule has 0 spiro atoms. The first-order valence-electron chi connectivity index (χ1n) is 10.5. The third kappa shape index (κ3) is 3.64. The van der Waals surface area contributed by atoms with Gasteiger partial charge < -0.3 is 20.7 Å². The molecule has 8 heteroatoms. The van der Waals surface area contributed by atoms with E-state index in [0.29, 0.717) is 18.0 Å². The van der Waals surface area contributed by atoms with Crippen LogP contribution in [0.5, 0.6) is 0 Å². The predicted molar refractivity (Wildman–Crippen MR) is 124 cm³/mol. The number of nitrogens with zero attached hydrogens (tertiary/aromatic N) is 3. The molecule has 1 aliphatic heterocycles. The van der Waals surface area contributed by atoms with Gasteiger partial charge in [-0.2, -0.15) is 9.97 Å². The van der Waals surface area contributed by atoms with Gasteiger partial charge in [0.25, 0.3) is 0 Å². The molecule has 1 aliphatic rings. The molecule has 7 nitrogen and oxygen atoms in total. The summed E-state index contributed by atoms with van der Waals surface area (Å²) in [7, 11) is -1.53. The fraction of sp³-hybridized carbons (Fsp3) is 0.217. The number of nitrogens with one attached hydrogen (secondary N) is 2. The zero-order valence-corrected chi connectivity index (χ0v) is 17.3. The van der Waals surface area contributed by atoms with Crippen LogP contribution in [0.1, 0.15) is 23.2 Å². The first-order chi connectivity index (χ1) is 15.1. The summed E-state index contributed by atoms with van der Waals surface area (Å²) in [6.45, 7) is 3.53. The van der Waals surface area contributed by atoms with Gasteiger partial charge in [0.2, 0.25) is 5.95 Å². The maximum Gasteiger partial charge on any atom is 0.489 e. The summed E-state index contributed by atoms with van der Waals surface area (Å²) in [5.41, 5.74) is 4.52. The number of hydrogen-bond donors (Lipinski definition) is 4. The molecule has 0 saturated heterocycles. The van der Waals surface area contributed by atoms with Crippen molar-refractivity contribution in [1.29, 1.82) is 0 Å². The van der Waals surface area contributed by atoms with Crippen LogP contribution in [0.3, 0.4) is 0 Å². The van der Waals surface area contributed by atoms with Crippen molar-refractivity contribution in [3.8, 4) is 5.95 Å². The van der Waals surface area contributed by atoms with Crippen LogP contribution in [0.4, 0.5) is 11.6 Å². The second kappa shape index (κ2) is 8.05. The first-order valence-corrected chi connectivity index (χ1v) is 10.5. The zero-order chi connectivity index (χ0) is 21.4. The van der Waals surface area contributed by atoms with Crippen LogP contribution in [0, 0.1) is 6.92 Å². The molecule has 0 bridgehead atoms. The predicted octanol–water partition coefficient (Wildman–Crippen LogP) is 2.38. The van der Waals surface area contributed by atoms with Gasteiger partial charge in [0.15, 0.2) is 0 Å². The average molecular weight is 413 g/mol. The minimum absolute atomic E-state index is 0.470. The maximum atomic E-state index is 9.77. The quantitative estimate of drug-likeness (QED) is 0.376. The molecule has 156 valence electrons. The Bertz CT molecular complexity index is 1240. The van der Waals surface area contributed by atoms with Crippen molar-refractivity contribution in [2.75, 3.05) is 17.2 Å². The van der Waals surface area contributed by atoms with Crippen molar-refractivity contribution >= 4 is 35.1 Å².